The molecule has 0 heterocycles. The van der Waals surface area contributed by atoms with Gasteiger partial charge in [0.05, 0.1) is 0 Å². The summed E-state index contributed by atoms with van der Waals surface area (Å²) < 4.78 is 16.9. The maximum absolute atomic E-state index is 12.9. The fourth-order valence-electron chi connectivity index (χ4n) is 8.07. The van der Waals surface area contributed by atoms with E-state index in [0.29, 0.717) is 19.3 Å². The standard InChI is InChI=1S/C73H114O6/c1-4-7-10-13-16-19-22-25-28-30-32-33-34-35-36-37-38-39-41-42-45-48-51-54-57-60-63-66-72(75)78-69-70(68-77-71(74)65-62-59-56-53-50-47-44-27-24-21-18-15-12-9-6-3)79-73(76)67-64-61-58-55-52-49-46-43-40-31-29-26-23-20-17-14-11-8-5-2/h7-12,16-21,25-29,32-33,35-36,38-40,42-45,70H,4-6,13-15,22-24,30-31,34,37,41,46-69H2,1-3H3/b10-7-,11-8-,12-9-,19-16-,20-17-,21-18-,28-25-,29-26-,33-32-,36-35-,39-38-,43-40-,44-27-,45-42-. The van der Waals surface area contributed by atoms with Crippen molar-refractivity contribution in [3.8, 4) is 0 Å². The summed E-state index contributed by atoms with van der Waals surface area (Å²) in [7, 11) is 0. The highest BCUT2D eigenvalue weighted by Crippen LogP contribution is 2.14. The molecule has 0 N–H and O–H groups in total. The number of carbonyl (C=O) groups excluding carboxylic acids is 3. The lowest BCUT2D eigenvalue weighted by Crippen LogP contribution is -2.30. The van der Waals surface area contributed by atoms with E-state index in [9.17, 15) is 14.4 Å². The van der Waals surface area contributed by atoms with Crippen LogP contribution in [0.3, 0.4) is 0 Å². The molecular weight excluding hydrogens is 973 g/mol. The molecule has 6 heteroatoms. The van der Waals surface area contributed by atoms with Gasteiger partial charge < -0.3 is 14.2 Å². The molecule has 0 saturated carbocycles. The first kappa shape index (κ1) is 73.8. The number of hydrogen-bond donors (Lipinski definition) is 0. The van der Waals surface area contributed by atoms with Gasteiger partial charge in [-0.2, -0.15) is 0 Å². The molecule has 0 aromatic rings. The van der Waals surface area contributed by atoms with E-state index in [0.717, 1.165) is 199 Å². The van der Waals surface area contributed by atoms with Crippen molar-refractivity contribution >= 4 is 17.9 Å². The zero-order valence-corrected chi connectivity index (χ0v) is 50.6. The van der Waals surface area contributed by atoms with Crippen LogP contribution in [0.15, 0.2) is 170 Å². The summed E-state index contributed by atoms with van der Waals surface area (Å²) in [5.74, 6) is -0.962. The number of esters is 3. The lowest BCUT2D eigenvalue weighted by molar-refractivity contribution is -0.167. The smallest absolute Gasteiger partial charge is 0.306 e. The molecule has 0 spiro atoms. The van der Waals surface area contributed by atoms with Gasteiger partial charge in [0, 0.05) is 19.3 Å². The Kier molecular flexibility index (Phi) is 61.0. The minimum Gasteiger partial charge on any atom is -0.462 e. The minimum absolute atomic E-state index is 0.107. The third kappa shape index (κ3) is 63.5. The number of hydrogen-bond acceptors (Lipinski definition) is 6. The van der Waals surface area contributed by atoms with Crippen molar-refractivity contribution < 1.29 is 28.6 Å². The Morgan fingerprint density at radius 3 is 0.709 bits per heavy atom. The number of unbranched alkanes of at least 4 members (excludes halogenated alkanes) is 16. The molecule has 0 radical (unpaired) electrons. The zero-order chi connectivity index (χ0) is 57.1. The van der Waals surface area contributed by atoms with Crippen LogP contribution < -0.4 is 0 Å². The molecule has 0 saturated heterocycles. The second-order valence-electron chi connectivity index (χ2n) is 20.2. The Balaban J connectivity index is 4.47. The van der Waals surface area contributed by atoms with E-state index in [1.165, 1.54) is 12.8 Å². The highest BCUT2D eigenvalue weighted by molar-refractivity contribution is 5.71. The van der Waals surface area contributed by atoms with Gasteiger partial charge in [-0.3, -0.25) is 14.4 Å². The summed E-state index contributed by atoms with van der Waals surface area (Å²) in [5.41, 5.74) is 0. The fourth-order valence-corrected chi connectivity index (χ4v) is 8.07. The van der Waals surface area contributed by atoms with Crippen molar-refractivity contribution in [2.75, 3.05) is 13.2 Å². The lowest BCUT2D eigenvalue weighted by Gasteiger charge is -2.18. The SMILES string of the molecule is CC/C=C\C/C=C\C/C=C\C/C=C\C/C=C\C/C=C\C/C=C\CCCCCCCC(=O)OCC(COC(=O)CCCCCCC/C=C\C/C=C\C/C=C\CC)OC(=O)CCCCCCCC/C=C\C/C=C\C/C=C\C/C=C\CC. The summed E-state index contributed by atoms with van der Waals surface area (Å²) in [6, 6.07) is 0. The van der Waals surface area contributed by atoms with Crippen molar-refractivity contribution in [2.45, 2.75) is 258 Å². The molecule has 442 valence electrons. The van der Waals surface area contributed by atoms with Crippen molar-refractivity contribution in [3.63, 3.8) is 0 Å². The normalized spacial score (nSPS) is 13.3. The van der Waals surface area contributed by atoms with Crippen molar-refractivity contribution in [2.24, 2.45) is 0 Å². The van der Waals surface area contributed by atoms with Gasteiger partial charge in [-0.1, -0.05) is 255 Å². The molecule has 0 aliphatic carbocycles. The molecule has 0 aliphatic heterocycles. The highest BCUT2D eigenvalue weighted by Gasteiger charge is 2.19. The molecule has 0 aliphatic rings. The van der Waals surface area contributed by atoms with Gasteiger partial charge in [-0.05, 0) is 148 Å². The van der Waals surface area contributed by atoms with Gasteiger partial charge >= 0.3 is 17.9 Å². The van der Waals surface area contributed by atoms with Gasteiger partial charge in [0.15, 0.2) is 6.10 Å². The molecule has 6 nitrogen and oxygen atoms in total. The van der Waals surface area contributed by atoms with E-state index in [2.05, 4.69) is 191 Å². The third-order valence-corrected chi connectivity index (χ3v) is 12.7. The van der Waals surface area contributed by atoms with Crippen LogP contribution in [0, 0.1) is 0 Å². The molecule has 0 bridgehead atoms. The summed E-state index contributed by atoms with van der Waals surface area (Å²) in [5, 5.41) is 0. The summed E-state index contributed by atoms with van der Waals surface area (Å²) in [4.78, 5) is 38.3. The quantitative estimate of drug-likeness (QED) is 0.0261. The van der Waals surface area contributed by atoms with Gasteiger partial charge in [-0.15, -0.1) is 0 Å². The van der Waals surface area contributed by atoms with Crippen LogP contribution in [0.2, 0.25) is 0 Å². The first-order valence-electron chi connectivity index (χ1n) is 31.6. The van der Waals surface area contributed by atoms with Gasteiger partial charge in [0.2, 0.25) is 0 Å². The molecule has 1 atom stereocenters. The van der Waals surface area contributed by atoms with Gasteiger partial charge in [0.25, 0.3) is 0 Å². The number of ether oxygens (including phenoxy) is 3. The van der Waals surface area contributed by atoms with Crippen LogP contribution in [0.1, 0.15) is 252 Å². The van der Waals surface area contributed by atoms with Gasteiger partial charge in [-0.25, -0.2) is 0 Å². The first-order chi connectivity index (χ1) is 39.0. The summed E-state index contributed by atoms with van der Waals surface area (Å²) >= 11 is 0. The maximum Gasteiger partial charge on any atom is 0.306 e. The van der Waals surface area contributed by atoms with Crippen LogP contribution in [0.4, 0.5) is 0 Å². The fraction of sp³-hybridized carbons (Fsp3) is 0.575. The number of rotatable bonds is 55. The largest absolute Gasteiger partial charge is 0.462 e. The highest BCUT2D eigenvalue weighted by atomic mass is 16.6. The van der Waals surface area contributed by atoms with Crippen LogP contribution >= 0.6 is 0 Å². The molecule has 0 amide bonds. The molecule has 0 aromatic carbocycles. The maximum atomic E-state index is 12.9. The summed E-state index contributed by atoms with van der Waals surface area (Å²) in [6.45, 7) is 6.25. The average Bonchev–Trinajstić information content (AvgIpc) is 3.45. The van der Waals surface area contributed by atoms with E-state index in [4.69, 9.17) is 14.2 Å². The Hall–Kier alpha value is -5.23. The van der Waals surface area contributed by atoms with Crippen LogP contribution in [-0.2, 0) is 28.6 Å². The first-order valence-corrected chi connectivity index (χ1v) is 31.6. The molecule has 0 fully saturated rings. The Bertz CT molecular complexity index is 1820. The second-order valence-corrected chi connectivity index (χ2v) is 20.2. The Morgan fingerprint density at radius 2 is 0.456 bits per heavy atom. The van der Waals surface area contributed by atoms with Crippen molar-refractivity contribution in [1.82, 2.24) is 0 Å². The van der Waals surface area contributed by atoms with Crippen LogP contribution in [-0.4, -0.2) is 37.2 Å². The average molecular weight is 1090 g/mol. The second kappa shape index (κ2) is 65.3. The summed E-state index contributed by atoms with van der Waals surface area (Å²) in [6.07, 6.45) is 96.3. The minimum atomic E-state index is -0.812. The van der Waals surface area contributed by atoms with Crippen LogP contribution in [0.25, 0.3) is 0 Å². The van der Waals surface area contributed by atoms with Crippen molar-refractivity contribution in [1.29, 1.82) is 0 Å². The predicted molar refractivity (Wildman–Crippen MR) is 343 cm³/mol. The topological polar surface area (TPSA) is 78.9 Å². The Labute approximate surface area is 485 Å². The lowest BCUT2D eigenvalue weighted by atomic mass is 10.1. The monoisotopic (exact) mass is 1090 g/mol. The third-order valence-electron chi connectivity index (χ3n) is 12.7. The van der Waals surface area contributed by atoms with E-state index in [1.54, 1.807) is 0 Å². The van der Waals surface area contributed by atoms with Gasteiger partial charge in [0.1, 0.15) is 13.2 Å². The van der Waals surface area contributed by atoms with E-state index >= 15 is 0 Å². The molecule has 79 heavy (non-hydrogen) atoms. The predicted octanol–water partition coefficient (Wildman–Crippen LogP) is 21.9. The van der Waals surface area contributed by atoms with Crippen molar-refractivity contribution in [3.05, 3.63) is 170 Å². The number of carbonyl (C=O) groups is 3. The molecular formula is C73H114O6. The molecule has 0 aromatic heterocycles. The van der Waals surface area contributed by atoms with E-state index in [-0.39, 0.29) is 31.1 Å². The number of allylic oxidation sites excluding steroid dienone is 28. The van der Waals surface area contributed by atoms with E-state index < -0.39 is 6.10 Å². The zero-order valence-electron chi connectivity index (χ0n) is 50.6. The Morgan fingerprint density at radius 1 is 0.253 bits per heavy atom. The van der Waals surface area contributed by atoms with Crippen LogP contribution in [0.5, 0.6) is 0 Å². The molecule has 1 unspecified atom stereocenters. The van der Waals surface area contributed by atoms with E-state index in [1.807, 2.05) is 0 Å². The molecule has 0 rings (SSSR count).